The molecule has 2 aromatic heterocycles. The number of nitrogens with one attached hydrogen (secondary N) is 1. The average Bonchev–Trinajstić information content (AvgIpc) is 2.76. The van der Waals surface area contributed by atoms with Crippen molar-refractivity contribution in [1.29, 1.82) is 0 Å². The minimum atomic E-state index is 0.610. The van der Waals surface area contributed by atoms with E-state index in [-0.39, 0.29) is 0 Å². The predicted molar refractivity (Wildman–Crippen MR) is 72.8 cm³/mol. The molecule has 0 aliphatic carbocycles. The smallest absolute Gasteiger partial charge is 0.223 e. The van der Waals surface area contributed by atoms with Gasteiger partial charge in [0.15, 0.2) is 0 Å². The minimum absolute atomic E-state index is 0.610. The molecule has 2 heterocycles. The fraction of sp³-hybridized carbons (Fsp3) is 0.214. The molecule has 19 heavy (non-hydrogen) atoms. The first-order valence-corrected chi connectivity index (χ1v) is 6.11. The summed E-state index contributed by atoms with van der Waals surface area (Å²) in [6, 6.07) is 7.90. The summed E-state index contributed by atoms with van der Waals surface area (Å²) in [4.78, 5) is 8.75. The van der Waals surface area contributed by atoms with E-state index in [1.165, 1.54) is 0 Å². The van der Waals surface area contributed by atoms with Gasteiger partial charge in [-0.3, -0.25) is 0 Å². The Morgan fingerprint density at radius 3 is 2.84 bits per heavy atom. The van der Waals surface area contributed by atoms with Crippen molar-refractivity contribution in [2.45, 2.75) is 20.4 Å². The van der Waals surface area contributed by atoms with Gasteiger partial charge in [-0.25, -0.2) is 9.97 Å². The van der Waals surface area contributed by atoms with Gasteiger partial charge in [0.1, 0.15) is 5.76 Å². The van der Waals surface area contributed by atoms with Crippen LogP contribution in [0.3, 0.4) is 0 Å². The summed E-state index contributed by atoms with van der Waals surface area (Å²) in [5, 5.41) is 8.15. The standard InChI is InChI=1S/C14H14N4O/c1-9-12(10(2)19-18-9)8-16-14-15-7-11-5-3-4-6-13(11)17-14/h3-7H,8H2,1-2H3,(H,15,16,17). The summed E-state index contributed by atoms with van der Waals surface area (Å²) < 4.78 is 5.12. The molecular weight excluding hydrogens is 240 g/mol. The first-order chi connectivity index (χ1) is 9.24. The second kappa shape index (κ2) is 4.68. The van der Waals surface area contributed by atoms with E-state index in [4.69, 9.17) is 4.52 Å². The fourth-order valence-electron chi connectivity index (χ4n) is 1.98. The van der Waals surface area contributed by atoms with E-state index < -0.39 is 0 Å². The molecule has 0 radical (unpaired) electrons. The SMILES string of the molecule is Cc1noc(C)c1CNc1ncc2ccccc2n1. The number of anilines is 1. The molecule has 0 spiro atoms. The van der Waals surface area contributed by atoms with E-state index >= 15 is 0 Å². The number of para-hydroxylation sites is 1. The van der Waals surface area contributed by atoms with E-state index in [1.54, 1.807) is 0 Å². The monoisotopic (exact) mass is 254 g/mol. The molecule has 1 N–H and O–H groups in total. The summed E-state index contributed by atoms with van der Waals surface area (Å²) in [5.41, 5.74) is 2.88. The Kier molecular flexibility index (Phi) is 2.87. The lowest BCUT2D eigenvalue weighted by Gasteiger charge is -2.05. The van der Waals surface area contributed by atoms with Crippen LogP contribution in [0.5, 0.6) is 0 Å². The van der Waals surface area contributed by atoms with Gasteiger partial charge in [0.25, 0.3) is 0 Å². The molecule has 3 rings (SSSR count). The first kappa shape index (κ1) is 11.6. The van der Waals surface area contributed by atoms with E-state index in [0.29, 0.717) is 12.5 Å². The van der Waals surface area contributed by atoms with Crippen molar-refractivity contribution in [2.75, 3.05) is 5.32 Å². The molecule has 1 aromatic carbocycles. The average molecular weight is 254 g/mol. The van der Waals surface area contributed by atoms with Gasteiger partial charge in [-0.05, 0) is 19.9 Å². The zero-order valence-electron chi connectivity index (χ0n) is 10.8. The van der Waals surface area contributed by atoms with Gasteiger partial charge in [-0.1, -0.05) is 23.4 Å². The third-order valence-corrected chi connectivity index (χ3v) is 3.09. The molecule has 0 atom stereocenters. The summed E-state index contributed by atoms with van der Waals surface area (Å²) in [6.07, 6.45) is 1.82. The number of aryl methyl sites for hydroxylation is 2. The van der Waals surface area contributed by atoms with Crippen molar-refractivity contribution in [3.63, 3.8) is 0 Å². The summed E-state index contributed by atoms with van der Waals surface area (Å²) in [6.45, 7) is 4.44. The zero-order chi connectivity index (χ0) is 13.2. The fourth-order valence-corrected chi connectivity index (χ4v) is 1.98. The van der Waals surface area contributed by atoms with E-state index in [2.05, 4.69) is 20.4 Å². The van der Waals surface area contributed by atoms with Crippen LogP contribution in [0.25, 0.3) is 10.9 Å². The molecule has 0 saturated carbocycles. The molecule has 0 bridgehead atoms. The van der Waals surface area contributed by atoms with Crippen LogP contribution in [0.4, 0.5) is 5.95 Å². The third kappa shape index (κ3) is 2.27. The molecule has 5 nitrogen and oxygen atoms in total. The largest absolute Gasteiger partial charge is 0.361 e. The number of fused-ring (bicyclic) bond motifs is 1. The number of rotatable bonds is 3. The highest BCUT2D eigenvalue weighted by atomic mass is 16.5. The first-order valence-electron chi connectivity index (χ1n) is 6.11. The molecule has 5 heteroatoms. The summed E-state index contributed by atoms with van der Waals surface area (Å²) in [5.74, 6) is 1.43. The van der Waals surface area contributed by atoms with Crippen molar-refractivity contribution in [3.8, 4) is 0 Å². The van der Waals surface area contributed by atoms with Gasteiger partial charge < -0.3 is 9.84 Å². The number of aromatic nitrogens is 3. The van der Waals surface area contributed by atoms with Gasteiger partial charge in [-0.2, -0.15) is 0 Å². The molecule has 0 aliphatic rings. The number of hydrogen-bond acceptors (Lipinski definition) is 5. The van der Waals surface area contributed by atoms with E-state index in [9.17, 15) is 0 Å². The predicted octanol–water partition coefficient (Wildman–Crippen LogP) is 2.85. The Morgan fingerprint density at radius 1 is 1.21 bits per heavy atom. The second-order valence-corrected chi connectivity index (χ2v) is 4.41. The number of hydrogen-bond donors (Lipinski definition) is 1. The van der Waals surface area contributed by atoms with Crippen LogP contribution >= 0.6 is 0 Å². The Bertz CT molecular complexity index is 701. The maximum Gasteiger partial charge on any atom is 0.223 e. The van der Waals surface area contributed by atoms with Crippen LogP contribution in [0.1, 0.15) is 17.0 Å². The van der Waals surface area contributed by atoms with Crippen LogP contribution in [0.15, 0.2) is 35.0 Å². The lowest BCUT2D eigenvalue weighted by atomic mass is 10.2. The van der Waals surface area contributed by atoms with Crippen LogP contribution in [0, 0.1) is 13.8 Å². The zero-order valence-corrected chi connectivity index (χ0v) is 10.8. The number of nitrogens with zero attached hydrogens (tertiary/aromatic N) is 3. The lowest BCUT2D eigenvalue weighted by molar-refractivity contribution is 0.392. The van der Waals surface area contributed by atoms with Crippen LogP contribution in [-0.4, -0.2) is 15.1 Å². The molecule has 0 amide bonds. The van der Waals surface area contributed by atoms with Gasteiger partial charge in [0.05, 0.1) is 11.2 Å². The maximum absolute atomic E-state index is 5.12. The molecule has 0 unspecified atom stereocenters. The highest BCUT2D eigenvalue weighted by Crippen LogP contribution is 2.15. The van der Waals surface area contributed by atoms with Crippen LogP contribution in [-0.2, 0) is 6.54 Å². The van der Waals surface area contributed by atoms with Crippen molar-refractivity contribution in [2.24, 2.45) is 0 Å². The normalized spacial score (nSPS) is 10.8. The maximum atomic E-state index is 5.12. The van der Waals surface area contributed by atoms with Crippen LogP contribution < -0.4 is 5.32 Å². The Balaban J connectivity index is 1.82. The van der Waals surface area contributed by atoms with Crippen molar-refractivity contribution in [1.82, 2.24) is 15.1 Å². The number of benzene rings is 1. The molecule has 3 aromatic rings. The Labute approximate surface area is 110 Å². The van der Waals surface area contributed by atoms with Gasteiger partial charge >= 0.3 is 0 Å². The molecule has 0 aliphatic heterocycles. The quantitative estimate of drug-likeness (QED) is 0.778. The van der Waals surface area contributed by atoms with E-state index in [1.807, 2.05) is 44.3 Å². The minimum Gasteiger partial charge on any atom is -0.361 e. The third-order valence-electron chi connectivity index (χ3n) is 3.09. The molecular formula is C14H14N4O. The Morgan fingerprint density at radius 2 is 2.05 bits per heavy atom. The van der Waals surface area contributed by atoms with E-state index in [0.717, 1.165) is 27.9 Å². The lowest BCUT2D eigenvalue weighted by Crippen LogP contribution is -2.04. The summed E-state index contributed by atoms with van der Waals surface area (Å²) in [7, 11) is 0. The van der Waals surface area contributed by atoms with Crippen LogP contribution in [0.2, 0.25) is 0 Å². The van der Waals surface area contributed by atoms with Crippen molar-refractivity contribution >= 4 is 16.9 Å². The highest BCUT2D eigenvalue weighted by Gasteiger charge is 2.09. The summed E-state index contributed by atoms with van der Waals surface area (Å²) >= 11 is 0. The van der Waals surface area contributed by atoms with Gasteiger partial charge in [0.2, 0.25) is 5.95 Å². The molecule has 96 valence electrons. The van der Waals surface area contributed by atoms with Gasteiger partial charge in [-0.15, -0.1) is 0 Å². The van der Waals surface area contributed by atoms with Gasteiger partial charge in [0, 0.05) is 23.7 Å². The highest BCUT2D eigenvalue weighted by molar-refractivity contribution is 5.78. The molecule has 0 fully saturated rings. The van der Waals surface area contributed by atoms with Crippen molar-refractivity contribution in [3.05, 3.63) is 47.5 Å². The topological polar surface area (TPSA) is 63.8 Å². The molecule has 0 saturated heterocycles. The second-order valence-electron chi connectivity index (χ2n) is 4.41. The Hall–Kier alpha value is -2.43. The van der Waals surface area contributed by atoms with Crippen molar-refractivity contribution < 1.29 is 4.52 Å².